The van der Waals surface area contributed by atoms with Crippen molar-refractivity contribution in [3.8, 4) is 0 Å². The second kappa shape index (κ2) is 6.05. The Morgan fingerprint density at radius 2 is 1.75 bits per heavy atom. The summed E-state index contributed by atoms with van der Waals surface area (Å²) in [5.74, 6) is 1.82. The van der Waals surface area contributed by atoms with E-state index < -0.39 is 0 Å². The van der Waals surface area contributed by atoms with E-state index in [0.717, 1.165) is 57.4 Å². The van der Waals surface area contributed by atoms with Gasteiger partial charge in [0.05, 0.1) is 6.10 Å². The third-order valence-corrected chi connectivity index (χ3v) is 5.97. The Kier molecular flexibility index (Phi) is 4.34. The maximum Gasteiger partial charge on any atom is 0.225 e. The number of carbonyl (C=O) groups is 1. The lowest BCUT2D eigenvalue weighted by atomic mass is 9.82. The monoisotopic (exact) mass is 279 g/mol. The van der Waals surface area contributed by atoms with E-state index in [9.17, 15) is 9.90 Å². The lowest BCUT2D eigenvalue weighted by Crippen LogP contribution is -2.45. The zero-order chi connectivity index (χ0) is 14.1. The Labute approximate surface area is 122 Å². The summed E-state index contributed by atoms with van der Waals surface area (Å²) in [6, 6.07) is 0.333. The van der Waals surface area contributed by atoms with Gasteiger partial charge in [0.25, 0.3) is 0 Å². The molecule has 114 valence electrons. The standard InChI is InChI=1S/C17H29NO2/c1-12-7-9-13(10-8-12)17(20)18-11-3-5-15(18)14-4-2-6-16(14)19/h12-16,19H,2-11H2,1H3. The number of aliphatic hydroxyl groups is 1. The molecule has 3 unspecified atom stereocenters. The lowest BCUT2D eigenvalue weighted by molar-refractivity contribution is -0.139. The van der Waals surface area contributed by atoms with Gasteiger partial charge >= 0.3 is 0 Å². The maximum atomic E-state index is 12.8. The number of amides is 1. The molecule has 1 saturated heterocycles. The van der Waals surface area contributed by atoms with Crippen LogP contribution in [0.4, 0.5) is 0 Å². The molecule has 3 rings (SSSR count). The van der Waals surface area contributed by atoms with Gasteiger partial charge in [-0.3, -0.25) is 4.79 Å². The number of aliphatic hydroxyl groups excluding tert-OH is 1. The minimum atomic E-state index is -0.167. The van der Waals surface area contributed by atoms with Gasteiger partial charge in [-0.1, -0.05) is 13.3 Å². The summed E-state index contributed by atoms with van der Waals surface area (Å²) >= 11 is 0. The number of likely N-dealkylation sites (tertiary alicyclic amines) is 1. The zero-order valence-corrected chi connectivity index (χ0v) is 12.8. The van der Waals surface area contributed by atoms with Crippen LogP contribution < -0.4 is 0 Å². The van der Waals surface area contributed by atoms with Crippen LogP contribution in [0, 0.1) is 17.8 Å². The first kappa shape index (κ1) is 14.4. The van der Waals surface area contributed by atoms with E-state index in [1.807, 2.05) is 0 Å². The second-order valence-corrected chi connectivity index (χ2v) is 7.36. The van der Waals surface area contributed by atoms with Gasteiger partial charge in [0.2, 0.25) is 5.91 Å². The van der Waals surface area contributed by atoms with E-state index >= 15 is 0 Å². The molecule has 0 bridgehead atoms. The molecule has 1 amide bonds. The fraction of sp³-hybridized carbons (Fsp3) is 0.941. The van der Waals surface area contributed by atoms with Gasteiger partial charge < -0.3 is 10.0 Å². The highest BCUT2D eigenvalue weighted by molar-refractivity contribution is 5.79. The molecule has 3 heteroatoms. The molecule has 2 saturated carbocycles. The van der Waals surface area contributed by atoms with Crippen molar-refractivity contribution in [3.05, 3.63) is 0 Å². The quantitative estimate of drug-likeness (QED) is 0.844. The van der Waals surface area contributed by atoms with Crippen LogP contribution in [-0.4, -0.2) is 34.6 Å². The normalized spacial score (nSPS) is 42.1. The molecule has 20 heavy (non-hydrogen) atoms. The van der Waals surface area contributed by atoms with Gasteiger partial charge in [-0.05, 0) is 57.3 Å². The van der Waals surface area contributed by atoms with Gasteiger partial charge in [-0.15, -0.1) is 0 Å². The predicted octanol–water partition coefficient (Wildman–Crippen LogP) is 2.96. The highest BCUT2D eigenvalue weighted by Gasteiger charge is 2.41. The molecule has 3 fully saturated rings. The van der Waals surface area contributed by atoms with Crippen LogP contribution in [0.25, 0.3) is 0 Å². The summed E-state index contributed by atoms with van der Waals surface area (Å²) in [6.07, 6.45) is 9.82. The van der Waals surface area contributed by atoms with Crippen molar-refractivity contribution >= 4 is 5.91 Å². The van der Waals surface area contributed by atoms with Crippen molar-refractivity contribution < 1.29 is 9.90 Å². The van der Waals surface area contributed by atoms with E-state index in [1.54, 1.807) is 0 Å². The van der Waals surface area contributed by atoms with E-state index in [0.29, 0.717) is 17.9 Å². The average molecular weight is 279 g/mol. The van der Waals surface area contributed by atoms with Gasteiger partial charge in [0.15, 0.2) is 0 Å². The van der Waals surface area contributed by atoms with Crippen molar-refractivity contribution in [2.75, 3.05) is 6.54 Å². The first-order valence-corrected chi connectivity index (χ1v) is 8.65. The van der Waals surface area contributed by atoms with Crippen LogP contribution >= 0.6 is 0 Å². The predicted molar refractivity (Wildman–Crippen MR) is 79.2 cm³/mol. The number of carbonyl (C=O) groups excluding carboxylic acids is 1. The summed E-state index contributed by atoms with van der Waals surface area (Å²) in [5.41, 5.74) is 0. The molecule has 2 aliphatic carbocycles. The van der Waals surface area contributed by atoms with Crippen molar-refractivity contribution in [1.82, 2.24) is 4.90 Å². The topological polar surface area (TPSA) is 40.5 Å². The summed E-state index contributed by atoms with van der Waals surface area (Å²) in [5, 5.41) is 10.2. The minimum Gasteiger partial charge on any atom is -0.393 e. The number of hydrogen-bond acceptors (Lipinski definition) is 2. The summed E-state index contributed by atoms with van der Waals surface area (Å²) < 4.78 is 0. The Bertz CT molecular complexity index is 349. The molecule has 0 aromatic rings. The third kappa shape index (κ3) is 2.74. The highest BCUT2D eigenvalue weighted by Crippen LogP contribution is 2.38. The Balaban J connectivity index is 1.64. The fourth-order valence-corrected chi connectivity index (χ4v) is 4.67. The van der Waals surface area contributed by atoms with Crippen molar-refractivity contribution in [2.45, 2.75) is 76.9 Å². The minimum absolute atomic E-state index is 0.167. The summed E-state index contributed by atoms with van der Waals surface area (Å²) in [4.78, 5) is 15.0. The molecule has 1 N–H and O–H groups in total. The molecular weight excluding hydrogens is 250 g/mol. The fourth-order valence-electron chi connectivity index (χ4n) is 4.67. The van der Waals surface area contributed by atoms with Crippen LogP contribution in [0.1, 0.15) is 64.7 Å². The van der Waals surface area contributed by atoms with Crippen LogP contribution in [0.5, 0.6) is 0 Å². The van der Waals surface area contributed by atoms with Crippen LogP contribution in [0.3, 0.4) is 0 Å². The van der Waals surface area contributed by atoms with Gasteiger partial charge in [0, 0.05) is 24.4 Å². The largest absolute Gasteiger partial charge is 0.393 e. The molecular formula is C17H29NO2. The molecule has 3 aliphatic rings. The van der Waals surface area contributed by atoms with Crippen molar-refractivity contribution in [1.29, 1.82) is 0 Å². The van der Waals surface area contributed by atoms with Gasteiger partial charge in [-0.2, -0.15) is 0 Å². The van der Waals surface area contributed by atoms with Gasteiger partial charge in [-0.25, -0.2) is 0 Å². The summed E-state index contributed by atoms with van der Waals surface area (Å²) in [7, 11) is 0. The SMILES string of the molecule is CC1CCC(C(=O)N2CCCC2C2CCCC2O)CC1. The second-order valence-electron chi connectivity index (χ2n) is 7.36. The first-order chi connectivity index (χ1) is 9.66. The molecule has 1 aliphatic heterocycles. The molecule has 1 heterocycles. The zero-order valence-electron chi connectivity index (χ0n) is 12.8. The molecule has 0 aromatic heterocycles. The van der Waals surface area contributed by atoms with Crippen molar-refractivity contribution in [3.63, 3.8) is 0 Å². The first-order valence-electron chi connectivity index (χ1n) is 8.65. The average Bonchev–Trinajstić information content (AvgIpc) is 3.07. The van der Waals surface area contributed by atoms with Crippen LogP contribution in [0.2, 0.25) is 0 Å². The Morgan fingerprint density at radius 3 is 2.40 bits per heavy atom. The number of nitrogens with zero attached hydrogens (tertiary/aromatic N) is 1. The molecule has 3 atom stereocenters. The summed E-state index contributed by atoms with van der Waals surface area (Å²) in [6.45, 7) is 3.23. The van der Waals surface area contributed by atoms with Gasteiger partial charge in [0.1, 0.15) is 0 Å². The van der Waals surface area contributed by atoms with E-state index in [4.69, 9.17) is 0 Å². The Hall–Kier alpha value is -0.570. The number of hydrogen-bond donors (Lipinski definition) is 1. The number of rotatable bonds is 2. The highest BCUT2D eigenvalue weighted by atomic mass is 16.3. The third-order valence-electron chi connectivity index (χ3n) is 5.97. The lowest BCUT2D eigenvalue weighted by Gasteiger charge is -2.35. The van der Waals surface area contributed by atoms with E-state index in [1.165, 1.54) is 12.8 Å². The smallest absolute Gasteiger partial charge is 0.225 e. The van der Waals surface area contributed by atoms with Crippen molar-refractivity contribution in [2.24, 2.45) is 17.8 Å². The Morgan fingerprint density at radius 1 is 1.00 bits per heavy atom. The molecule has 3 nitrogen and oxygen atoms in total. The van der Waals surface area contributed by atoms with Crippen LogP contribution in [0.15, 0.2) is 0 Å². The van der Waals surface area contributed by atoms with Crippen LogP contribution in [-0.2, 0) is 4.79 Å². The molecule has 0 radical (unpaired) electrons. The van der Waals surface area contributed by atoms with E-state index in [-0.39, 0.29) is 12.0 Å². The maximum absolute atomic E-state index is 12.8. The molecule has 0 aromatic carbocycles. The molecule has 0 spiro atoms. The van der Waals surface area contributed by atoms with E-state index in [2.05, 4.69) is 11.8 Å².